The van der Waals surface area contributed by atoms with Crippen molar-refractivity contribution in [3.63, 3.8) is 0 Å². The molecule has 120 valence electrons. The summed E-state index contributed by atoms with van der Waals surface area (Å²) in [6.45, 7) is 8.47. The van der Waals surface area contributed by atoms with Gasteiger partial charge in [0.05, 0.1) is 23.0 Å². The van der Waals surface area contributed by atoms with Crippen molar-refractivity contribution < 1.29 is 0 Å². The second kappa shape index (κ2) is 8.19. The first-order valence-corrected chi connectivity index (χ1v) is 9.03. The van der Waals surface area contributed by atoms with Crippen LogP contribution in [0, 0.1) is 11.8 Å². The Kier molecular flexibility index (Phi) is 6.56. The summed E-state index contributed by atoms with van der Waals surface area (Å²) in [7, 11) is 0. The van der Waals surface area contributed by atoms with Gasteiger partial charge in [-0.1, -0.05) is 51.1 Å². The molecule has 1 unspecified atom stereocenters. The van der Waals surface area contributed by atoms with Crippen LogP contribution in [0.15, 0.2) is 6.20 Å². The molecule has 1 saturated carbocycles. The second-order valence-electron chi connectivity index (χ2n) is 6.30. The van der Waals surface area contributed by atoms with Crippen molar-refractivity contribution in [3.8, 4) is 0 Å². The van der Waals surface area contributed by atoms with Gasteiger partial charge in [-0.25, -0.2) is 0 Å². The van der Waals surface area contributed by atoms with Crippen LogP contribution in [0.3, 0.4) is 0 Å². The molecule has 0 bridgehead atoms. The van der Waals surface area contributed by atoms with Crippen molar-refractivity contribution in [2.24, 2.45) is 11.8 Å². The molecule has 0 radical (unpaired) electrons. The molecule has 0 aromatic carbocycles. The summed E-state index contributed by atoms with van der Waals surface area (Å²) in [6, 6.07) is 0.354. The number of halogens is 1. The molecular weight excluding hydrogens is 282 g/mol. The fourth-order valence-corrected chi connectivity index (χ4v) is 4.12. The average molecular weight is 312 g/mol. The summed E-state index contributed by atoms with van der Waals surface area (Å²) < 4.78 is 2.06. The molecule has 3 nitrogen and oxygen atoms in total. The van der Waals surface area contributed by atoms with Crippen LogP contribution < -0.4 is 5.32 Å². The first-order valence-electron chi connectivity index (χ1n) is 8.65. The minimum Gasteiger partial charge on any atom is -0.309 e. The Morgan fingerprint density at radius 3 is 2.57 bits per heavy atom. The maximum absolute atomic E-state index is 6.43. The number of hydrogen-bond donors (Lipinski definition) is 1. The predicted molar refractivity (Wildman–Crippen MR) is 89.7 cm³/mol. The van der Waals surface area contributed by atoms with Crippen LogP contribution in [0.5, 0.6) is 0 Å². The molecule has 1 aromatic heterocycles. The van der Waals surface area contributed by atoms with Crippen LogP contribution in [0.25, 0.3) is 0 Å². The van der Waals surface area contributed by atoms with Gasteiger partial charge in [0.2, 0.25) is 0 Å². The third kappa shape index (κ3) is 4.01. The molecule has 21 heavy (non-hydrogen) atoms. The van der Waals surface area contributed by atoms with E-state index in [4.69, 9.17) is 11.6 Å². The topological polar surface area (TPSA) is 29.9 Å². The van der Waals surface area contributed by atoms with E-state index >= 15 is 0 Å². The Balaban J connectivity index is 2.11. The number of nitrogens with one attached hydrogen (secondary N) is 1. The molecule has 0 amide bonds. The lowest BCUT2D eigenvalue weighted by atomic mass is 9.76. The normalized spacial score (nSPS) is 24.2. The third-order valence-corrected chi connectivity index (χ3v) is 5.20. The molecule has 0 spiro atoms. The van der Waals surface area contributed by atoms with Crippen molar-refractivity contribution in [3.05, 3.63) is 16.9 Å². The Morgan fingerprint density at radius 1 is 1.29 bits per heavy atom. The molecule has 1 N–H and O–H groups in total. The fraction of sp³-hybridized carbons (Fsp3) is 0.824. The van der Waals surface area contributed by atoms with E-state index in [1.54, 1.807) is 6.20 Å². The predicted octanol–water partition coefficient (Wildman–Crippen LogP) is 4.81. The van der Waals surface area contributed by atoms with E-state index < -0.39 is 0 Å². The Morgan fingerprint density at radius 2 is 2.00 bits per heavy atom. The van der Waals surface area contributed by atoms with E-state index in [-0.39, 0.29) is 0 Å². The Bertz CT molecular complexity index is 422. The smallest absolute Gasteiger partial charge is 0.0834 e. The summed E-state index contributed by atoms with van der Waals surface area (Å²) in [5.74, 6) is 1.64. The SMILES string of the molecule is CCCC1CCC(C(NCC)c2c(Cl)cnn2CC)CC1. The number of hydrogen-bond acceptors (Lipinski definition) is 2. The zero-order valence-electron chi connectivity index (χ0n) is 13.7. The van der Waals surface area contributed by atoms with Gasteiger partial charge in [-0.3, -0.25) is 4.68 Å². The zero-order valence-corrected chi connectivity index (χ0v) is 14.5. The van der Waals surface area contributed by atoms with Gasteiger partial charge in [0, 0.05) is 6.54 Å². The van der Waals surface area contributed by atoms with E-state index in [0.29, 0.717) is 12.0 Å². The molecule has 1 aliphatic carbocycles. The highest BCUT2D eigenvalue weighted by Gasteiger charge is 2.31. The van der Waals surface area contributed by atoms with Gasteiger partial charge in [0.25, 0.3) is 0 Å². The number of nitrogens with zero attached hydrogens (tertiary/aromatic N) is 2. The summed E-state index contributed by atoms with van der Waals surface area (Å²) in [5.41, 5.74) is 1.19. The van der Waals surface area contributed by atoms with Crippen LogP contribution in [0.4, 0.5) is 0 Å². The lowest BCUT2D eigenvalue weighted by molar-refractivity contribution is 0.210. The van der Waals surface area contributed by atoms with Crippen LogP contribution >= 0.6 is 11.6 Å². The summed E-state index contributed by atoms with van der Waals surface area (Å²) in [4.78, 5) is 0. The van der Waals surface area contributed by atoms with Gasteiger partial charge >= 0.3 is 0 Å². The molecule has 2 rings (SSSR count). The number of aryl methyl sites for hydroxylation is 1. The minimum atomic E-state index is 0.354. The molecule has 1 aromatic rings. The van der Waals surface area contributed by atoms with Gasteiger partial charge in [-0.2, -0.15) is 5.10 Å². The van der Waals surface area contributed by atoms with Crippen molar-refractivity contribution in [1.29, 1.82) is 0 Å². The van der Waals surface area contributed by atoms with Crippen molar-refractivity contribution in [1.82, 2.24) is 15.1 Å². The third-order valence-electron chi connectivity index (χ3n) is 4.91. The summed E-state index contributed by atoms with van der Waals surface area (Å²) >= 11 is 6.43. The first-order chi connectivity index (χ1) is 10.2. The molecule has 1 aliphatic rings. The highest BCUT2D eigenvalue weighted by Crippen LogP contribution is 2.40. The average Bonchev–Trinajstić information content (AvgIpc) is 2.87. The maximum Gasteiger partial charge on any atom is 0.0834 e. The van der Waals surface area contributed by atoms with Gasteiger partial charge < -0.3 is 5.32 Å². The molecular formula is C17H30ClN3. The van der Waals surface area contributed by atoms with E-state index in [0.717, 1.165) is 24.0 Å². The molecule has 0 saturated heterocycles. The lowest BCUT2D eigenvalue weighted by Gasteiger charge is -2.34. The van der Waals surface area contributed by atoms with E-state index in [1.807, 2.05) is 0 Å². The van der Waals surface area contributed by atoms with Crippen molar-refractivity contribution >= 4 is 11.6 Å². The minimum absolute atomic E-state index is 0.354. The highest BCUT2D eigenvalue weighted by molar-refractivity contribution is 6.31. The quantitative estimate of drug-likeness (QED) is 0.783. The molecule has 1 atom stereocenters. The molecule has 1 heterocycles. The van der Waals surface area contributed by atoms with E-state index in [2.05, 4.69) is 35.9 Å². The fourth-order valence-electron chi connectivity index (χ4n) is 3.86. The van der Waals surface area contributed by atoms with Gasteiger partial charge in [0.1, 0.15) is 0 Å². The summed E-state index contributed by atoms with van der Waals surface area (Å²) in [5, 5.41) is 8.91. The Hall–Kier alpha value is -0.540. The van der Waals surface area contributed by atoms with Crippen LogP contribution in [-0.4, -0.2) is 16.3 Å². The monoisotopic (exact) mass is 311 g/mol. The first kappa shape index (κ1) is 16.8. The van der Waals surface area contributed by atoms with Crippen LogP contribution in [0.1, 0.15) is 71.0 Å². The van der Waals surface area contributed by atoms with Gasteiger partial charge in [-0.05, 0) is 38.1 Å². The lowest BCUT2D eigenvalue weighted by Crippen LogP contribution is -2.33. The Labute approximate surface area is 134 Å². The van der Waals surface area contributed by atoms with Crippen LogP contribution in [0.2, 0.25) is 5.02 Å². The number of aromatic nitrogens is 2. The van der Waals surface area contributed by atoms with Crippen LogP contribution in [-0.2, 0) is 6.54 Å². The van der Waals surface area contributed by atoms with E-state index in [9.17, 15) is 0 Å². The molecule has 0 aliphatic heterocycles. The van der Waals surface area contributed by atoms with Crippen molar-refractivity contribution in [2.75, 3.05) is 6.54 Å². The van der Waals surface area contributed by atoms with Gasteiger partial charge in [-0.15, -0.1) is 0 Å². The molecule has 4 heteroatoms. The van der Waals surface area contributed by atoms with Gasteiger partial charge in [0.15, 0.2) is 0 Å². The molecule has 1 fully saturated rings. The largest absolute Gasteiger partial charge is 0.309 e. The number of rotatable bonds is 7. The zero-order chi connectivity index (χ0) is 15.2. The standard InChI is InChI=1S/C17H30ClN3/c1-4-7-13-8-10-14(11-9-13)16(19-5-2)17-15(18)12-20-21(17)6-3/h12-14,16,19H,4-11H2,1-3H3. The maximum atomic E-state index is 6.43. The van der Waals surface area contributed by atoms with E-state index in [1.165, 1.54) is 44.2 Å². The highest BCUT2D eigenvalue weighted by atomic mass is 35.5. The van der Waals surface area contributed by atoms with Crippen molar-refractivity contribution in [2.45, 2.75) is 71.9 Å². The summed E-state index contributed by atoms with van der Waals surface area (Å²) in [6.07, 6.45) is 9.89. The second-order valence-corrected chi connectivity index (χ2v) is 6.71.